The SMILES string of the molecule is Cc1cccc2c3cccc(C)c3n(-c3cc(-n4c5c(C)cccc5c5cccc(C)c54)c(C4=[N+](c5ccccc5)C(c5cccc6oc7ccccc7c56)[NH2+]4)cc3C#N)c12. The average Bonchev–Trinajstić information content (AvgIpc) is 3.94. The standard InChI is InChI=1S/C55H39N5O/c1-32-15-10-22-38-39-23-11-16-33(2)51(39)59(50(32)38)45-30-46(60-52-34(3)17-12-24-40(52)41-25-13-18-35(4)53(41)60)44(29-36(45)31-56)55-57-54(58(55)37-19-6-5-7-20-37)43-26-14-28-48-49(43)42-21-8-9-27-47(42)61-48/h5-30,54H,1-4H3/p+2. The fourth-order valence-electron chi connectivity index (χ4n) is 10.4. The molecule has 1 aliphatic heterocycles. The highest BCUT2D eigenvalue weighted by atomic mass is 16.3. The lowest BCUT2D eigenvalue weighted by Crippen LogP contribution is -3.00. The molecule has 0 saturated heterocycles. The van der Waals surface area contributed by atoms with Crippen LogP contribution in [0.25, 0.3) is 76.9 Å². The Balaban J connectivity index is 1.24. The van der Waals surface area contributed by atoms with Gasteiger partial charge >= 0.3 is 12.0 Å². The Labute approximate surface area is 352 Å². The number of fused-ring (bicyclic) bond motifs is 9. The Morgan fingerprint density at radius 2 is 1.02 bits per heavy atom. The first-order valence-corrected chi connectivity index (χ1v) is 21.0. The summed E-state index contributed by atoms with van der Waals surface area (Å²) >= 11 is 0. The highest BCUT2D eigenvalue weighted by Gasteiger charge is 2.49. The molecule has 1 atom stereocenters. The molecule has 0 saturated carbocycles. The fraction of sp³-hybridized carbons (Fsp3) is 0.0909. The minimum atomic E-state index is -0.0931. The zero-order chi connectivity index (χ0) is 41.1. The van der Waals surface area contributed by atoms with Crippen molar-refractivity contribution in [2.24, 2.45) is 0 Å². The number of nitriles is 1. The number of nitrogens with two attached hydrogens (primary N) is 1. The molecule has 4 heterocycles. The second kappa shape index (κ2) is 13.1. The number of rotatable bonds is 5. The average molecular weight is 788 g/mol. The van der Waals surface area contributed by atoms with Crippen molar-refractivity contribution >= 4 is 77.1 Å². The molecule has 8 aromatic carbocycles. The van der Waals surface area contributed by atoms with E-state index >= 15 is 0 Å². The van der Waals surface area contributed by atoms with Crippen LogP contribution in [0.1, 0.15) is 45.1 Å². The van der Waals surface area contributed by atoms with Gasteiger partial charge in [0.05, 0.1) is 44.6 Å². The summed E-state index contributed by atoms with van der Waals surface area (Å²) in [5.41, 5.74) is 16.7. The van der Waals surface area contributed by atoms with E-state index in [1.165, 1.54) is 38.2 Å². The zero-order valence-corrected chi connectivity index (χ0v) is 34.4. The third-order valence-electron chi connectivity index (χ3n) is 13.1. The molecule has 2 N–H and O–H groups in total. The molecule has 11 aromatic rings. The first-order chi connectivity index (χ1) is 29.9. The Morgan fingerprint density at radius 1 is 0.525 bits per heavy atom. The highest BCUT2D eigenvalue weighted by Crippen LogP contribution is 2.42. The van der Waals surface area contributed by atoms with E-state index in [0.717, 1.165) is 83.6 Å². The summed E-state index contributed by atoms with van der Waals surface area (Å²) in [7, 11) is 0. The molecule has 3 aromatic heterocycles. The summed E-state index contributed by atoms with van der Waals surface area (Å²) in [6.07, 6.45) is -0.0931. The molecule has 0 amide bonds. The summed E-state index contributed by atoms with van der Waals surface area (Å²) in [6.45, 7) is 8.77. The number of benzene rings is 8. The van der Waals surface area contributed by atoms with Crippen molar-refractivity contribution in [1.29, 1.82) is 5.26 Å². The third-order valence-corrected chi connectivity index (χ3v) is 13.1. The highest BCUT2D eigenvalue weighted by molar-refractivity contribution is 6.14. The molecule has 61 heavy (non-hydrogen) atoms. The summed E-state index contributed by atoms with van der Waals surface area (Å²) in [6, 6.07) is 58.8. The quantitative estimate of drug-likeness (QED) is 0.177. The summed E-state index contributed by atoms with van der Waals surface area (Å²) in [4.78, 5) is 0. The van der Waals surface area contributed by atoms with E-state index in [2.05, 4.69) is 198 Å². The lowest BCUT2D eigenvalue weighted by atomic mass is 9.97. The van der Waals surface area contributed by atoms with E-state index in [-0.39, 0.29) is 6.17 Å². The fourth-order valence-corrected chi connectivity index (χ4v) is 10.4. The topological polar surface area (TPSA) is 66.4 Å². The van der Waals surface area contributed by atoms with Crippen LogP contribution in [0.2, 0.25) is 0 Å². The lowest BCUT2D eigenvalue weighted by Gasteiger charge is -2.26. The molecular formula is C55H41N5O+2. The molecule has 6 heteroatoms. The maximum atomic E-state index is 11.3. The van der Waals surface area contributed by atoms with Crippen molar-refractivity contribution in [3.8, 4) is 17.4 Å². The maximum absolute atomic E-state index is 11.3. The maximum Gasteiger partial charge on any atom is 0.386 e. The summed E-state index contributed by atoms with van der Waals surface area (Å²) < 4.78 is 13.7. The molecule has 0 spiro atoms. The minimum Gasteiger partial charge on any atom is -0.456 e. The van der Waals surface area contributed by atoms with Crippen molar-refractivity contribution in [3.63, 3.8) is 0 Å². The Morgan fingerprint density at radius 3 is 1.59 bits per heavy atom. The molecule has 1 aliphatic rings. The van der Waals surface area contributed by atoms with Crippen molar-refractivity contribution in [2.75, 3.05) is 0 Å². The van der Waals surface area contributed by atoms with Crippen LogP contribution in [0.15, 0.2) is 162 Å². The number of hydrogen-bond donors (Lipinski definition) is 1. The van der Waals surface area contributed by atoms with Crippen LogP contribution in [-0.2, 0) is 0 Å². The van der Waals surface area contributed by atoms with Gasteiger partial charge in [-0.15, -0.1) is 0 Å². The van der Waals surface area contributed by atoms with Crippen LogP contribution in [0.3, 0.4) is 0 Å². The first kappa shape index (κ1) is 35.2. The molecular weight excluding hydrogens is 747 g/mol. The van der Waals surface area contributed by atoms with E-state index in [4.69, 9.17) is 4.42 Å². The minimum absolute atomic E-state index is 0.0931. The van der Waals surface area contributed by atoms with E-state index < -0.39 is 0 Å². The Hall–Kier alpha value is -7.72. The van der Waals surface area contributed by atoms with Gasteiger partial charge in [0.25, 0.3) is 0 Å². The van der Waals surface area contributed by atoms with Gasteiger partial charge in [-0.25, -0.2) is 0 Å². The molecule has 0 bridgehead atoms. The van der Waals surface area contributed by atoms with Crippen molar-refractivity contribution in [1.82, 2.24) is 9.13 Å². The number of hydrogen-bond acceptors (Lipinski definition) is 2. The Bertz CT molecular complexity index is 3620. The summed E-state index contributed by atoms with van der Waals surface area (Å²) in [5.74, 6) is 1.05. The van der Waals surface area contributed by atoms with Gasteiger partial charge in [0, 0.05) is 44.5 Å². The van der Waals surface area contributed by atoms with Crippen LogP contribution in [0.4, 0.5) is 5.69 Å². The van der Waals surface area contributed by atoms with Crippen LogP contribution < -0.4 is 5.32 Å². The van der Waals surface area contributed by atoms with Gasteiger partial charge in [-0.2, -0.15) is 10.6 Å². The number of furan rings is 1. The molecule has 12 rings (SSSR count). The van der Waals surface area contributed by atoms with E-state index in [0.29, 0.717) is 5.56 Å². The number of quaternary nitrogens is 1. The van der Waals surface area contributed by atoms with Crippen LogP contribution in [0.5, 0.6) is 0 Å². The third kappa shape index (κ3) is 4.96. The van der Waals surface area contributed by atoms with Crippen LogP contribution >= 0.6 is 0 Å². The molecule has 1 unspecified atom stereocenters. The monoisotopic (exact) mass is 787 g/mol. The normalized spacial score (nSPS) is 14.2. The largest absolute Gasteiger partial charge is 0.456 e. The number of aryl methyl sites for hydroxylation is 4. The lowest BCUT2D eigenvalue weighted by molar-refractivity contribution is -0.865. The van der Waals surface area contributed by atoms with E-state index in [9.17, 15) is 5.26 Å². The molecule has 290 valence electrons. The predicted octanol–water partition coefficient (Wildman–Crippen LogP) is 12.3. The van der Waals surface area contributed by atoms with Crippen molar-refractivity contribution < 1.29 is 14.3 Å². The first-order valence-electron chi connectivity index (χ1n) is 21.0. The van der Waals surface area contributed by atoms with Gasteiger partial charge in [-0.3, -0.25) is 0 Å². The second-order valence-electron chi connectivity index (χ2n) is 16.6. The van der Waals surface area contributed by atoms with Gasteiger partial charge in [0.2, 0.25) is 5.69 Å². The molecule has 0 aliphatic carbocycles. The summed E-state index contributed by atoms with van der Waals surface area (Å²) in [5, 5.41) is 20.7. The Kier molecular flexibility index (Phi) is 7.59. The van der Waals surface area contributed by atoms with Gasteiger partial charge in [0.15, 0.2) is 0 Å². The van der Waals surface area contributed by atoms with Gasteiger partial charge in [0.1, 0.15) is 22.8 Å². The second-order valence-corrected chi connectivity index (χ2v) is 16.6. The molecule has 6 nitrogen and oxygen atoms in total. The van der Waals surface area contributed by atoms with Crippen LogP contribution in [0, 0.1) is 39.0 Å². The zero-order valence-electron chi connectivity index (χ0n) is 34.4. The molecule has 0 radical (unpaired) electrons. The number of aromatic nitrogens is 2. The van der Waals surface area contributed by atoms with Crippen LogP contribution in [-0.4, -0.2) is 19.5 Å². The predicted molar refractivity (Wildman–Crippen MR) is 248 cm³/mol. The number of para-hydroxylation sites is 6. The number of nitrogens with zero attached hydrogens (tertiary/aromatic N) is 4. The van der Waals surface area contributed by atoms with Gasteiger partial charge < -0.3 is 13.6 Å². The van der Waals surface area contributed by atoms with E-state index in [1.54, 1.807) is 0 Å². The number of amidine groups is 1. The van der Waals surface area contributed by atoms with Gasteiger partial charge in [-0.1, -0.05) is 120 Å². The van der Waals surface area contributed by atoms with Crippen molar-refractivity contribution in [3.05, 3.63) is 197 Å². The smallest absolute Gasteiger partial charge is 0.386 e. The van der Waals surface area contributed by atoms with E-state index in [1.807, 2.05) is 12.1 Å². The van der Waals surface area contributed by atoms with Crippen molar-refractivity contribution in [2.45, 2.75) is 33.9 Å². The molecule has 0 fully saturated rings. The van der Waals surface area contributed by atoms with Gasteiger partial charge in [-0.05, 0) is 80.3 Å².